The van der Waals surface area contributed by atoms with Crippen molar-refractivity contribution in [2.24, 2.45) is 5.73 Å². The summed E-state index contributed by atoms with van der Waals surface area (Å²) >= 11 is 0. The lowest BCUT2D eigenvalue weighted by atomic mass is 9.86. The van der Waals surface area contributed by atoms with Crippen LogP contribution in [0.15, 0.2) is 42.7 Å². The molecule has 2 N–H and O–H groups in total. The molecule has 19 heavy (non-hydrogen) atoms. The van der Waals surface area contributed by atoms with E-state index in [-0.39, 0.29) is 0 Å². The standard InChI is InChI=1S/C16H20N2O/c1-4-12-5-7-13(8-6-12)16(2,17)14-9-15(19-3)11-18-10-14/h5-11H,4,17H2,1-3H3. The molecule has 1 aromatic heterocycles. The Balaban J connectivity index is 2.38. The molecule has 0 saturated carbocycles. The zero-order valence-corrected chi connectivity index (χ0v) is 11.7. The fourth-order valence-electron chi connectivity index (χ4n) is 2.07. The van der Waals surface area contributed by atoms with Crippen LogP contribution in [0, 0.1) is 0 Å². The summed E-state index contributed by atoms with van der Waals surface area (Å²) in [4.78, 5) is 4.18. The first-order valence-corrected chi connectivity index (χ1v) is 6.45. The highest BCUT2D eigenvalue weighted by Gasteiger charge is 2.24. The van der Waals surface area contributed by atoms with E-state index in [9.17, 15) is 0 Å². The number of nitrogens with zero attached hydrogens (tertiary/aromatic N) is 1. The number of hydrogen-bond donors (Lipinski definition) is 1. The summed E-state index contributed by atoms with van der Waals surface area (Å²) in [5, 5.41) is 0. The van der Waals surface area contributed by atoms with E-state index in [1.165, 1.54) is 5.56 Å². The van der Waals surface area contributed by atoms with Crippen molar-refractivity contribution in [3.05, 3.63) is 59.4 Å². The lowest BCUT2D eigenvalue weighted by Gasteiger charge is -2.26. The number of ether oxygens (including phenoxy) is 1. The minimum atomic E-state index is -0.576. The molecule has 0 aliphatic rings. The van der Waals surface area contributed by atoms with Gasteiger partial charge in [-0.1, -0.05) is 31.2 Å². The van der Waals surface area contributed by atoms with Gasteiger partial charge >= 0.3 is 0 Å². The Kier molecular flexibility index (Phi) is 3.86. The van der Waals surface area contributed by atoms with Crippen molar-refractivity contribution >= 4 is 0 Å². The summed E-state index contributed by atoms with van der Waals surface area (Å²) in [5.74, 6) is 0.722. The van der Waals surface area contributed by atoms with E-state index in [0.717, 1.165) is 23.3 Å². The van der Waals surface area contributed by atoms with Crippen LogP contribution in [0.5, 0.6) is 5.75 Å². The smallest absolute Gasteiger partial charge is 0.137 e. The van der Waals surface area contributed by atoms with Gasteiger partial charge in [-0.15, -0.1) is 0 Å². The van der Waals surface area contributed by atoms with Crippen molar-refractivity contribution in [2.75, 3.05) is 7.11 Å². The Hall–Kier alpha value is -1.87. The van der Waals surface area contributed by atoms with Crippen LogP contribution < -0.4 is 10.5 Å². The topological polar surface area (TPSA) is 48.1 Å². The molecule has 0 amide bonds. The Bertz CT molecular complexity index is 547. The molecular weight excluding hydrogens is 236 g/mol. The third-order valence-electron chi connectivity index (χ3n) is 3.51. The van der Waals surface area contributed by atoms with Gasteiger partial charge in [-0.2, -0.15) is 0 Å². The maximum Gasteiger partial charge on any atom is 0.137 e. The van der Waals surface area contributed by atoms with Crippen LogP contribution in [-0.4, -0.2) is 12.1 Å². The molecule has 100 valence electrons. The van der Waals surface area contributed by atoms with Gasteiger partial charge < -0.3 is 10.5 Å². The molecule has 1 aromatic carbocycles. The summed E-state index contributed by atoms with van der Waals surface area (Å²) in [6.07, 6.45) is 4.50. The molecule has 0 bridgehead atoms. The predicted molar refractivity (Wildman–Crippen MR) is 77.3 cm³/mol. The molecule has 3 heteroatoms. The highest BCUT2D eigenvalue weighted by atomic mass is 16.5. The Morgan fingerprint density at radius 3 is 2.42 bits per heavy atom. The lowest BCUT2D eigenvalue weighted by Crippen LogP contribution is -2.34. The minimum absolute atomic E-state index is 0.576. The second kappa shape index (κ2) is 5.41. The first-order chi connectivity index (χ1) is 9.07. The number of pyridine rings is 1. The summed E-state index contributed by atoms with van der Waals surface area (Å²) in [6.45, 7) is 4.13. The molecule has 0 spiro atoms. The fourth-order valence-corrected chi connectivity index (χ4v) is 2.07. The van der Waals surface area contributed by atoms with Gasteiger partial charge in [0.1, 0.15) is 5.75 Å². The van der Waals surface area contributed by atoms with Crippen molar-refractivity contribution in [1.82, 2.24) is 4.98 Å². The van der Waals surface area contributed by atoms with Gasteiger partial charge in [0.2, 0.25) is 0 Å². The number of methoxy groups -OCH3 is 1. The largest absolute Gasteiger partial charge is 0.495 e. The number of aryl methyl sites for hydroxylation is 1. The zero-order chi connectivity index (χ0) is 13.9. The second-order valence-electron chi connectivity index (χ2n) is 4.87. The summed E-state index contributed by atoms with van der Waals surface area (Å²) in [6, 6.07) is 10.3. The Morgan fingerprint density at radius 1 is 1.16 bits per heavy atom. The number of benzene rings is 1. The van der Waals surface area contributed by atoms with Gasteiger partial charge in [-0.05, 0) is 36.1 Å². The molecule has 0 fully saturated rings. The number of rotatable bonds is 4. The summed E-state index contributed by atoms with van der Waals surface area (Å²) < 4.78 is 5.20. The van der Waals surface area contributed by atoms with Crippen molar-refractivity contribution in [3.8, 4) is 5.75 Å². The van der Waals surface area contributed by atoms with E-state index in [2.05, 4.69) is 36.2 Å². The molecule has 1 unspecified atom stereocenters. The van der Waals surface area contributed by atoms with Crippen LogP contribution in [-0.2, 0) is 12.0 Å². The normalized spacial score (nSPS) is 13.9. The van der Waals surface area contributed by atoms with Gasteiger partial charge in [-0.3, -0.25) is 4.98 Å². The number of nitrogens with two attached hydrogens (primary N) is 1. The van der Waals surface area contributed by atoms with E-state index >= 15 is 0 Å². The van der Waals surface area contributed by atoms with Crippen molar-refractivity contribution in [2.45, 2.75) is 25.8 Å². The molecule has 1 heterocycles. The average molecular weight is 256 g/mol. The van der Waals surface area contributed by atoms with E-state index in [1.807, 2.05) is 13.0 Å². The van der Waals surface area contributed by atoms with Crippen LogP contribution >= 0.6 is 0 Å². The summed E-state index contributed by atoms with van der Waals surface area (Å²) in [7, 11) is 1.63. The second-order valence-corrected chi connectivity index (χ2v) is 4.87. The number of hydrogen-bond acceptors (Lipinski definition) is 3. The lowest BCUT2D eigenvalue weighted by molar-refractivity contribution is 0.410. The molecule has 2 aromatic rings. The molecule has 0 aliphatic heterocycles. The SMILES string of the molecule is CCc1ccc(C(C)(N)c2cncc(OC)c2)cc1. The maximum absolute atomic E-state index is 6.48. The first kappa shape index (κ1) is 13.6. The predicted octanol–water partition coefficient (Wildman–Crippen LogP) is 2.87. The molecule has 2 rings (SSSR count). The quantitative estimate of drug-likeness (QED) is 0.915. The van der Waals surface area contributed by atoms with Crippen LogP contribution in [0.2, 0.25) is 0 Å². The van der Waals surface area contributed by atoms with Crippen LogP contribution in [0.3, 0.4) is 0 Å². The van der Waals surface area contributed by atoms with Gasteiger partial charge in [0, 0.05) is 6.20 Å². The van der Waals surface area contributed by atoms with Crippen LogP contribution in [0.25, 0.3) is 0 Å². The third kappa shape index (κ3) is 2.76. The van der Waals surface area contributed by atoms with E-state index in [1.54, 1.807) is 19.5 Å². The molecule has 3 nitrogen and oxygen atoms in total. The summed E-state index contributed by atoms with van der Waals surface area (Å²) in [5.41, 5.74) is 9.22. The van der Waals surface area contributed by atoms with Gasteiger partial charge in [0.05, 0.1) is 18.8 Å². The molecule has 0 aliphatic carbocycles. The maximum atomic E-state index is 6.48. The average Bonchev–Trinajstić information content (AvgIpc) is 2.47. The van der Waals surface area contributed by atoms with E-state index in [0.29, 0.717) is 0 Å². The van der Waals surface area contributed by atoms with Gasteiger partial charge in [0.25, 0.3) is 0 Å². The third-order valence-corrected chi connectivity index (χ3v) is 3.51. The van der Waals surface area contributed by atoms with E-state index < -0.39 is 5.54 Å². The number of aromatic nitrogens is 1. The van der Waals surface area contributed by atoms with Gasteiger partial charge in [0.15, 0.2) is 0 Å². The van der Waals surface area contributed by atoms with Crippen molar-refractivity contribution in [3.63, 3.8) is 0 Å². The minimum Gasteiger partial charge on any atom is -0.495 e. The molecule has 0 saturated heterocycles. The zero-order valence-electron chi connectivity index (χ0n) is 11.7. The van der Waals surface area contributed by atoms with Crippen LogP contribution in [0.4, 0.5) is 0 Å². The highest BCUT2D eigenvalue weighted by molar-refractivity contribution is 5.39. The monoisotopic (exact) mass is 256 g/mol. The van der Waals surface area contributed by atoms with E-state index in [4.69, 9.17) is 10.5 Å². The van der Waals surface area contributed by atoms with Gasteiger partial charge in [-0.25, -0.2) is 0 Å². The molecule has 0 radical (unpaired) electrons. The highest BCUT2D eigenvalue weighted by Crippen LogP contribution is 2.28. The van der Waals surface area contributed by atoms with Crippen molar-refractivity contribution in [1.29, 1.82) is 0 Å². The fraction of sp³-hybridized carbons (Fsp3) is 0.312. The van der Waals surface area contributed by atoms with Crippen molar-refractivity contribution < 1.29 is 4.74 Å². The molecule has 1 atom stereocenters. The Morgan fingerprint density at radius 2 is 1.84 bits per heavy atom. The van der Waals surface area contributed by atoms with Crippen LogP contribution in [0.1, 0.15) is 30.5 Å². The first-order valence-electron chi connectivity index (χ1n) is 6.45. The Labute approximate surface area is 114 Å². The molecular formula is C16H20N2O.